The zero-order chi connectivity index (χ0) is 15.2. The molecule has 1 saturated carbocycles. The van der Waals surface area contributed by atoms with Gasteiger partial charge in [-0.3, -0.25) is 0 Å². The number of hydrogen-bond donors (Lipinski definition) is 1. The number of aryl methyl sites for hydroxylation is 1. The van der Waals surface area contributed by atoms with Gasteiger partial charge in [-0.05, 0) is 43.9 Å². The molecule has 0 atom stereocenters. The van der Waals surface area contributed by atoms with Gasteiger partial charge in [0.2, 0.25) is 0 Å². The fourth-order valence-electron chi connectivity index (χ4n) is 2.48. The Kier molecular flexibility index (Phi) is 6.00. The molecule has 1 aliphatic rings. The van der Waals surface area contributed by atoms with Gasteiger partial charge in [0, 0.05) is 31.9 Å². The smallest absolute Gasteiger partial charge is 0.129 e. The number of nitrogens with zero attached hydrogens (tertiary/aromatic N) is 2. The Morgan fingerprint density at radius 2 is 2.14 bits per heavy atom. The highest BCUT2D eigenvalue weighted by atomic mass is 16.5. The van der Waals surface area contributed by atoms with Crippen molar-refractivity contribution in [1.29, 1.82) is 0 Å². The second-order valence-electron chi connectivity index (χ2n) is 6.36. The number of rotatable bonds is 9. The van der Waals surface area contributed by atoms with Crippen LogP contribution in [0.3, 0.4) is 0 Å². The van der Waals surface area contributed by atoms with Crippen LogP contribution in [-0.2, 0) is 11.3 Å². The van der Waals surface area contributed by atoms with E-state index in [-0.39, 0.29) is 0 Å². The molecule has 1 aromatic rings. The van der Waals surface area contributed by atoms with Crippen LogP contribution >= 0.6 is 0 Å². The van der Waals surface area contributed by atoms with Gasteiger partial charge in [-0.15, -0.1) is 0 Å². The van der Waals surface area contributed by atoms with E-state index in [2.05, 4.69) is 43.1 Å². The lowest BCUT2D eigenvalue weighted by Gasteiger charge is -2.24. The first-order valence-electron chi connectivity index (χ1n) is 8.04. The Hall–Kier alpha value is -1.13. The van der Waals surface area contributed by atoms with Crippen molar-refractivity contribution in [3.05, 3.63) is 23.4 Å². The van der Waals surface area contributed by atoms with Crippen molar-refractivity contribution in [2.24, 2.45) is 5.92 Å². The summed E-state index contributed by atoms with van der Waals surface area (Å²) < 4.78 is 5.22. The molecule has 4 nitrogen and oxygen atoms in total. The summed E-state index contributed by atoms with van der Waals surface area (Å²) >= 11 is 0. The van der Waals surface area contributed by atoms with Crippen LogP contribution in [-0.4, -0.2) is 37.8 Å². The van der Waals surface area contributed by atoms with Gasteiger partial charge in [0.25, 0.3) is 0 Å². The van der Waals surface area contributed by atoms with Gasteiger partial charge in [-0.25, -0.2) is 4.98 Å². The van der Waals surface area contributed by atoms with E-state index >= 15 is 0 Å². The Bertz CT molecular complexity index is 444. The van der Waals surface area contributed by atoms with Crippen LogP contribution < -0.4 is 10.2 Å². The molecule has 1 N–H and O–H groups in total. The first kappa shape index (κ1) is 16.2. The van der Waals surface area contributed by atoms with E-state index in [0.717, 1.165) is 37.8 Å². The zero-order valence-electron chi connectivity index (χ0n) is 13.9. The van der Waals surface area contributed by atoms with Crippen LogP contribution in [0.25, 0.3) is 0 Å². The molecule has 1 aromatic heterocycles. The number of ether oxygens (including phenoxy) is 1. The Morgan fingerprint density at radius 3 is 2.71 bits per heavy atom. The number of nitrogens with one attached hydrogen (secondary N) is 1. The van der Waals surface area contributed by atoms with Crippen molar-refractivity contribution in [2.75, 3.05) is 31.7 Å². The highest BCUT2D eigenvalue weighted by Crippen LogP contribution is 2.30. The summed E-state index contributed by atoms with van der Waals surface area (Å²) in [5.74, 6) is 1.77. The molecule has 0 saturated heterocycles. The van der Waals surface area contributed by atoms with E-state index in [1.54, 1.807) is 7.11 Å². The van der Waals surface area contributed by atoms with E-state index in [4.69, 9.17) is 9.72 Å². The maximum absolute atomic E-state index is 5.22. The maximum atomic E-state index is 5.22. The molecular weight excluding hydrogens is 262 g/mol. The van der Waals surface area contributed by atoms with Crippen LogP contribution in [0.5, 0.6) is 0 Å². The monoisotopic (exact) mass is 291 g/mol. The number of pyridine rings is 1. The number of aromatic nitrogens is 1. The molecule has 4 heteroatoms. The Balaban J connectivity index is 1.99. The van der Waals surface area contributed by atoms with Crippen molar-refractivity contribution >= 4 is 5.82 Å². The summed E-state index contributed by atoms with van der Waals surface area (Å²) in [5, 5.41) is 3.49. The lowest BCUT2D eigenvalue weighted by atomic mass is 10.1. The predicted octanol–water partition coefficient (Wildman–Crippen LogP) is 2.75. The molecular formula is C17H29N3O. The lowest BCUT2D eigenvalue weighted by molar-refractivity contribution is 0.204. The van der Waals surface area contributed by atoms with Gasteiger partial charge in [0.1, 0.15) is 5.82 Å². The lowest BCUT2D eigenvalue weighted by Crippen LogP contribution is -2.30. The average molecular weight is 291 g/mol. The minimum atomic E-state index is 0.664. The molecule has 0 unspecified atom stereocenters. The molecule has 1 heterocycles. The van der Waals surface area contributed by atoms with Gasteiger partial charge >= 0.3 is 0 Å². The number of methoxy groups -OCH3 is 1. The van der Waals surface area contributed by atoms with Crippen molar-refractivity contribution in [1.82, 2.24) is 10.3 Å². The van der Waals surface area contributed by atoms with Gasteiger partial charge in [0.05, 0.1) is 6.61 Å². The summed E-state index contributed by atoms with van der Waals surface area (Å²) in [5.41, 5.74) is 2.42. The summed E-state index contributed by atoms with van der Waals surface area (Å²) in [4.78, 5) is 7.21. The summed E-state index contributed by atoms with van der Waals surface area (Å²) in [6.45, 7) is 10.2. The second-order valence-corrected chi connectivity index (χ2v) is 6.36. The summed E-state index contributed by atoms with van der Waals surface area (Å²) in [6.07, 6.45) is 2.56. The van der Waals surface area contributed by atoms with E-state index in [0.29, 0.717) is 12.0 Å². The molecule has 0 aliphatic heterocycles. The topological polar surface area (TPSA) is 37.4 Å². The highest BCUT2D eigenvalue weighted by molar-refractivity contribution is 5.44. The Morgan fingerprint density at radius 1 is 1.38 bits per heavy atom. The molecule has 2 rings (SSSR count). The van der Waals surface area contributed by atoms with Crippen LogP contribution in [0, 0.1) is 12.8 Å². The minimum Gasteiger partial charge on any atom is -0.383 e. The molecule has 0 spiro atoms. The SMILES string of the molecule is COCCN(c1ccc(CNCC(C)C)c(C)n1)C1CC1. The third-order valence-corrected chi connectivity index (χ3v) is 3.87. The Labute approximate surface area is 128 Å². The maximum Gasteiger partial charge on any atom is 0.129 e. The zero-order valence-corrected chi connectivity index (χ0v) is 13.9. The molecule has 0 bridgehead atoms. The van der Waals surface area contributed by atoms with Crippen molar-refractivity contribution in [2.45, 2.75) is 46.2 Å². The fraction of sp³-hybridized carbons (Fsp3) is 0.706. The van der Waals surface area contributed by atoms with E-state index in [9.17, 15) is 0 Å². The average Bonchev–Trinajstić information content (AvgIpc) is 3.26. The quantitative estimate of drug-likeness (QED) is 0.759. The molecule has 0 aromatic carbocycles. The number of anilines is 1. The van der Waals surface area contributed by atoms with Gasteiger partial charge in [-0.1, -0.05) is 19.9 Å². The molecule has 0 radical (unpaired) electrons. The first-order valence-corrected chi connectivity index (χ1v) is 8.04. The van der Waals surface area contributed by atoms with E-state index < -0.39 is 0 Å². The largest absolute Gasteiger partial charge is 0.383 e. The fourth-order valence-corrected chi connectivity index (χ4v) is 2.48. The molecule has 1 aliphatic carbocycles. The van der Waals surface area contributed by atoms with Crippen molar-refractivity contribution in [3.8, 4) is 0 Å². The van der Waals surface area contributed by atoms with E-state index in [1.165, 1.54) is 18.4 Å². The standard InChI is InChI=1S/C17H29N3O/c1-13(2)11-18-12-15-5-8-17(19-14(15)3)20(9-10-21-4)16-6-7-16/h5,8,13,16,18H,6-7,9-12H2,1-4H3. The third-order valence-electron chi connectivity index (χ3n) is 3.87. The van der Waals surface area contributed by atoms with Crippen LogP contribution in [0.2, 0.25) is 0 Å². The number of hydrogen-bond acceptors (Lipinski definition) is 4. The predicted molar refractivity (Wildman–Crippen MR) is 87.8 cm³/mol. The minimum absolute atomic E-state index is 0.664. The van der Waals surface area contributed by atoms with Gasteiger partial charge in [-0.2, -0.15) is 0 Å². The van der Waals surface area contributed by atoms with Crippen LogP contribution in [0.4, 0.5) is 5.82 Å². The normalized spacial score (nSPS) is 14.7. The van der Waals surface area contributed by atoms with Crippen molar-refractivity contribution < 1.29 is 4.74 Å². The third kappa shape index (κ3) is 4.97. The second kappa shape index (κ2) is 7.76. The highest BCUT2D eigenvalue weighted by Gasteiger charge is 2.29. The van der Waals surface area contributed by atoms with Crippen molar-refractivity contribution in [3.63, 3.8) is 0 Å². The summed E-state index contributed by atoms with van der Waals surface area (Å²) in [6, 6.07) is 5.04. The first-order chi connectivity index (χ1) is 10.1. The molecule has 1 fully saturated rings. The molecule has 0 amide bonds. The van der Waals surface area contributed by atoms with Crippen LogP contribution in [0.1, 0.15) is 37.9 Å². The summed E-state index contributed by atoms with van der Waals surface area (Å²) in [7, 11) is 1.76. The van der Waals surface area contributed by atoms with Gasteiger partial charge < -0.3 is 15.0 Å². The van der Waals surface area contributed by atoms with E-state index in [1.807, 2.05) is 0 Å². The van der Waals surface area contributed by atoms with Crippen LogP contribution in [0.15, 0.2) is 12.1 Å². The molecule has 21 heavy (non-hydrogen) atoms. The molecule has 118 valence electrons. The van der Waals surface area contributed by atoms with Gasteiger partial charge in [0.15, 0.2) is 0 Å².